The fraction of sp³-hybridized carbons (Fsp3) is 0.396. The summed E-state index contributed by atoms with van der Waals surface area (Å²) in [6, 6.07) is 29.7. The van der Waals surface area contributed by atoms with Crippen molar-refractivity contribution in [1.29, 1.82) is 0 Å². The highest BCUT2D eigenvalue weighted by Crippen LogP contribution is 2.16. The Hall–Kier alpha value is -6.13. The van der Waals surface area contributed by atoms with Gasteiger partial charge in [-0.25, -0.2) is 24.0 Å². The van der Waals surface area contributed by atoms with Crippen LogP contribution in [0.4, 0.5) is 0 Å². The quantitative estimate of drug-likeness (QED) is 0.0348. The van der Waals surface area contributed by atoms with Crippen LogP contribution in [0.1, 0.15) is 93.3 Å². The molecule has 4 rings (SSSR count). The first-order valence-corrected chi connectivity index (χ1v) is 20.6. The maximum absolute atomic E-state index is 12.9. The van der Waals surface area contributed by atoms with E-state index in [-0.39, 0.29) is 69.2 Å². The lowest BCUT2D eigenvalue weighted by molar-refractivity contribution is -0.0734. The Kier molecular flexibility index (Phi) is 20.7. The lowest BCUT2D eigenvalue weighted by Crippen LogP contribution is -2.26. The van der Waals surface area contributed by atoms with E-state index in [9.17, 15) is 24.0 Å². The van der Waals surface area contributed by atoms with E-state index in [2.05, 4.69) is 0 Å². The molecule has 63 heavy (non-hydrogen) atoms. The molecular weight excluding hydrogens is 817 g/mol. The minimum atomic E-state index is -0.668. The molecule has 0 saturated heterocycles. The molecule has 0 aliphatic rings. The molecule has 0 fully saturated rings. The van der Waals surface area contributed by atoms with Gasteiger partial charge in [-0.2, -0.15) is 0 Å². The van der Waals surface area contributed by atoms with Crippen molar-refractivity contribution >= 4 is 29.8 Å². The monoisotopic (exact) mass is 872 g/mol. The lowest BCUT2D eigenvalue weighted by Gasteiger charge is -2.18. The van der Waals surface area contributed by atoms with Gasteiger partial charge in [-0.3, -0.25) is 0 Å². The highest BCUT2D eigenvalue weighted by Gasteiger charge is 2.20. The summed E-state index contributed by atoms with van der Waals surface area (Å²) in [7, 11) is 0. The van der Waals surface area contributed by atoms with Gasteiger partial charge in [0.05, 0.1) is 72.6 Å². The molecule has 338 valence electrons. The Balaban J connectivity index is 1.08. The third-order valence-corrected chi connectivity index (χ3v) is 8.76. The molecule has 0 radical (unpaired) electrons. The van der Waals surface area contributed by atoms with Crippen molar-refractivity contribution in [2.24, 2.45) is 0 Å². The van der Waals surface area contributed by atoms with Crippen molar-refractivity contribution < 1.29 is 71.3 Å². The van der Waals surface area contributed by atoms with E-state index in [1.807, 2.05) is 13.0 Å². The molecule has 6 atom stereocenters. The van der Waals surface area contributed by atoms with Crippen LogP contribution in [0.15, 0.2) is 109 Å². The second-order valence-electron chi connectivity index (χ2n) is 14.8. The minimum Gasteiger partial charge on any atom is -0.468 e. The van der Waals surface area contributed by atoms with Crippen molar-refractivity contribution in [2.45, 2.75) is 78.2 Å². The van der Waals surface area contributed by atoms with Crippen LogP contribution in [0.2, 0.25) is 0 Å². The highest BCUT2D eigenvalue weighted by molar-refractivity contribution is 5.95. The SMILES string of the molecule is CC(COCC(C)OC(=O)c1ccccc1)OCOc1cccc(C(=O)OC(C)COC(C)COC(=O)c2cccc(C(=O)OC(C)COC(C)COC(=O)c3ccccc3)c2)c1. The molecule has 15 nitrogen and oxygen atoms in total. The smallest absolute Gasteiger partial charge is 0.338 e. The summed E-state index contributed by atoms with van der Waals surface area (Å²) in [4.78, 5) is 62.9. The first-order chi connectivity index (χ1) is 30.3. The van der Waals surface area contributed by atoms with Gasteiger partial charge in [0.1, 0.15) is 37.3 Å². The molecule has 0 aliphatic carbocycles. The maximum atomic E-state index is 12.9. The molecule has 0 spiro atoms. The normalized spacial score (nSPS) is 13.9. The summed E-state index contributed by atoms with van der Waals surface area (Å²) < 4.78 is 55.5. The predicted molar refractivity (Wildman–Crippen MR) is 229 cm³/mol. The lowest BCUT2D eigenvalue weighted by atomic mass is 10.1. The van der Waals surface area contributed by atoms with Crippen molar-refractivity contribution in [3.05, 3.63) is 137 Å². The summed E-state index contributed by atoms with van der Waals surface area (Å²) in [6.45, 7) is 10.7. The number of benzene rings is 4. The van der Waals surface area contributed by atoms with Crippen LogP contribution in [-0.4, -0.2) is 113 Å². The second-order valence-corrected chi connectivity index (χ2v) is 14.8. The van der Waals surface area contributed by atoms with Crippen molar-refractivity contribution in [3.8, 4) is 5.75 Å². The van der Waals surface area contributed by atoms with E-state index >= 15 is 0 Å². The predicted octanol–water partition coefficient (Wildman–Crippen LogP) is 7.30. The Morgan fingerprint density at radius 2 is 0.762 bits per heavy atom. The molecule has 0 saturated carbocycles. The van der Waals surface area contributed by atoms with Crippen LogP contribution < -0.4 is 4.74 Å². The Bertz CT molecular complexity index is 2040. The number of carbonyl (C=O) groups excluding carboxylic acids is 5. The van der Waals surface area contributed by atoms with Gasteiger partial charge >= 0.3 is 29.8 Å². The first kappa shape index (κ1) is 49.5. The van der Waals surface area contributed by atoms with E-state index in [4.69, 9.17) is 47.4 Å². The maximum Gasteiger partial charge on any atom is 0.338 e. The van der Waals surface area contributed by atoms with Gasteiger partial charge in [0.25, 0.3) is 0 Å². The van der Waals surface area contributed by atoms with Crippen LogP contribution in [0.5, 0.6) is 5.75 Å². The van der Waals surface area contributed by atoms with Gasteiger partial charge in [-0.05, 0) is 102 Å². The molecule has 0 N–H and O–H groups in total. The summed E-state index contributed by atoms with van der Waals surface area (Å²) in [5.41, 5.74) is 1.46. The molecule has 0 amide bonds. The first-order valence-electron chi connectivity index (χ1n) is 20.6. The fourth-order valence-corrected chi connectivity index (χ4v) is 5.40. The van der Waals surface area contributed by atoms with Crippen LogP contribution in [-0.2, 0) is 42.6 Å². The van der Waals surface area contributed by atoms with Gasteiger partial charge in [-0.1, -0.05) is 48.5 Å². The Morgan fingerprint density at radius 3 is 1.30 bits per heavy atom. The molecule has 0 bridgehead atoms. The fourth-order valence-electron chi connectivity index (χ4n) is 5.40. The average Bonchev–Trinajstić information content (AvgIpc) is 3.29. The van der Waals surface area contributed by atoms with Crippen molar-refractivity contribution in [3.63, 3.8) is 0 Å². The van der Waals surface area contributed by atoms with E-state index in [0.29, 0.717) is 16.9 Å². The third-order valence-electron chi connectivity index (χ3n) is 8.76. The number of rotatable bonds is 26. The van der Waals surface area contributed by atoms with E-state index in [1.165, 1.54) is 24.3 Å². The molecular formula is C48H56O15. The molecule has 4 aromatic rings. The van der Waals surface area contributed by atoms with Gasteiger partial charge < -0.3 is 47.4 Å². The zero-order valence-electron chi connectivity index (χ0n) is 36.4. The molecule has 0 heterocycles. The Morgan fingerprint density at radius 1 is 0.381 bits per heavy atom. The topological polar surface area (TPSA) is 178 Å². The molecule has 0 aliphatic heterocycles. The van der Waals surface area contributed by atoms with E-state index in [0.717, 1.165) is 0 Å². The largest absolute Gasteiger partial charge is 0.468 e. The zero-order valence-corrected chi connectivity index (χ0v) is 36.4. The summed E-state index contributed by atoms with van der Waals surface area (Å²) in [6.07, 6.45) is -3.02. The standard InChI is InChI=1S/C48H56O15/c1-32(25-54-26-35(4)61-46(51)39-17-11-8-12-18-39)59-31-60-43-22-14-21-42(24-43)48(53)63-37(6)30-56-34(3)28-58-45(50)40-19-13-20-41(23-40)47(52)62-36(5)29-55-33(2)27-57-44(49)38-15-9-7-10-16-38/h7-24,32-37H,25-31H2,1-6H3. The zero-order chi connectivity index (χ0) is 45.6. The summed E-state index contributed by atoms with van der Waals surface area (Å²) in [5.74, 6) is -2.39. The van der Waals surface area contributed by atoms with Crippen LogP contribution in [0.3, 0.4) is 0 Å². The molecule has 15 heteroatoms. The highest BCUT2D eigenvalue weighted by atomic mass is 16.7. The molecule has 4 aromatic carbocycles. The number of esters is 5. The number of hydrogen-bond acceptors (Lipinski definition) is 15. The van der Waals surface area contributed by atoms with E-state index in [1.54, 1.807) is 113 Å². The van der Waals surface area contributed by atoms with Gasteiger partial charge in [0, 0.05) is 0 Å². The minimum absolute atomic E-state index is 0.0255. The van der Waals surface area contributed by atoms with Crippen LogP contribution in [0.25, 0.3) is 0 Å². The van der Waals surface area contributed by atoms with Gasteiger partial charge in [0.2, 0.25) is 0 Å². The van der Waals surface area contributed by atoms with Gasteiger partial charge in [0.15, 0.2) is 6.79 Å². The second kappa shape index (κ2) is 26.4. The summed E-state index contributed by atoms with van der Waals surface area (Å²) >= 11 is 0. The van der Waals surface area contributed by atoms with Gasteiger partial charge in [-0.15, -0.1) is 0 Å². The summed E-state index contributed by atoms with van der Waals surface area (Å²) in [5, 5.41) is 0. The van der Waals surface area contributed by atoms with Crippen LogP contribution in [0, 0.1) is 0 Å². The van der Waals surface area contributed by atoms with Crippen molar-refractivity contribution in [2.75, 3.05) is 46.4 Å². The molecule has 0 aromatic heterocycles. The number of hydrogen-bond donors (Lipinski definition) is 0. The Labute approximate surface area is 367 Å². The third kappa shape index (κ3) is 18.4. The molecule has 6 unspecified atom stereocenters. The van der Waals surface area contributed by atoms with Crippen molar-refractivity contribution in [1.82, 2.24) is 0 Å². The number of ether oxygens (including phenoxy) is 10. The van der Waals surface area contributed by atoms with Crippen LogP contribution >= 0.6 is 0 Å². The van der Waals surface area contributed by atoms with E-state index < -0.39 is 60.4 Å². The average molecular weight is 873 g/mol. The number of carbonyl (C=O) groups is 5.